The molecule has 18 nitrogen and oxygen atoms in total. The van der Waals surface area contributed by atoms with Crippen LogP contribution in [0.15, 0.2) is 164 Å². The molecule has 23 heteroatoms. The number of nitrogens with zero attached hydrogens (tertiary/aromatic N) is 4. The van der Waals surface area contributed by atoms with Gasteiger partial charge < -0.3 is 34.9 Å². The molecule has 8 rings (SSSR count). The SMILES string of the molecule is CCOc1ccc(NC(=O)c2cc3ccccc3c(N=Nc3c(Cl)cc(CC)cc3S(=O)(=O)O)c2O)cc1.CCOc1ccc(NC(=O)c2cc3ccccc3c(N=Nc3c(Cl)cc(CC)cc3S(=O)(=O)[O-])c2[O-])cc1.[Ba+2]. The number of ether oxygens (including phenoxy) is 2. The van der Waals surface area contributed by atoms with Gasteiger partial charge in [0.05, 0.1) is 39.4 Å². The number of fused-ring (bicyclic) bond motifs is 2. The first-order valence-electron chi connectivity index (χ1n) is 23.2. The molecule has 8 aromatic rings. The molecular weight excluding hydrogens is 1200 g/mol. The number of carbonyl (C=O) groups is 2. The number of anilines is 2. The minimum atomic E-state index is -4.95. The first-order chi connectivity index (χ1) is 36.2. The zero-order valence-corrected chi connectivity index (χ0v) is 49.2. The fourth-order valence-electron chi connectivity index (χ4n) is 7.61. The van der Waals surface area contributed by atoms with Crippen molar-refractivity contribution < 1.29 is 55.2 Å². The average Bonchev–Trinajstić information content (AvgIpc) is 3.39. The summed E-state index contributed by atoms with van der Waals surface area (Å²) in [4.78, 5) is 25.0. The number of hydrogen-bond acceptors (Lipinski definition) is 15. The topological polar surface area (TPSA) is 281 Å². The molecule has 0 atom stereocenters. The Morgan fingerprint density at radius 1 is 0.571 bits per heavy atom. The van der Waals surface area contributed by atoms with Crippen molar-refractivity contribution in [2.24, 2.45) is 20.5 Å². The smallest absolute Gasteiger partial charge is 0.870 e. The Morgan fingerprint density at radius 2 is 0.974 bits per heavy atom. The van der Waals surface area contributed by atoms with Crippen molar-refractivity contribution >= 4 is 160 Å². The molecular formula is C54H46BaCl2N6O12S2. The molecule has 8 aromatic carbocycles. The number of rotatable bonds is 16. The van der Waals surface area contributed by atoms with Crippen LogP contribution in [0.25, 0.3) is 21.5 Å². The van der Waals surface area contributed by atoms with Gasteiger partial charge in [-0.2, -0.15) is 13.5 Å². The molecule has 77 heavy (non-hydrogen) atoms. The molecule has 0 aliphatic rings. The van der Waals surface area contributed by atoms with Gasteiger partial charge in [-0.25, -0.2) is 8.42 Å². The Bertz CT molecular complexity index is 3560. The van der Waals surface area contributed by atoms with Crippen LogP contribution < -0.4 is 25.2 Å². The standard InChI is InChI=1S/2C27H24ClN3O6S.Ba/c2*1-3-16-13-22(28)25(23(14-16)38(34,35)36)31-30-24-20-8-6-5-7-17(20)15-21(26(24)32)27(33)29-18-9-11-19(12-10-18)37-4-2;/h2*5-15,32H,3-4H2,1-2H3,(H,29,33)(H,34,35,36);/q;;+2/p-2. The summed E-state index contributed by atoms with van der Waals surface area (Å²) in [5.41, 5.74) is 0.795. The van der Waals surface area contributed by atoms with Gasteiger partial charge in [-0.05, 0) is 134 Å². The third-order valence-electron chi connectivity index (χ3n) is 11.3. The largest absolute Gasteiger partial charge is 2.00 e. The maximum Gasteiger partial charge on any atom is 2.00 e. The van der Waals surface area contributed by atoms with E-state index in [-0.39, 0.29) is 92.8 Å². The Kier molecular flexibility index (Phi) is 20.4. The van der Waals surface area contributed by atoms with Gasteiger partial charge >= 0.3 is 48.9 Å². The first-order valence-corrected chi connectivity index (χ1v) is 26.8. The van der Waals surface area contributed by atoms with Crippen LogP contribution in [0.3, 0.4) is 0 Å². The average molecular weight is 1240 g/mol. The van der Waals surface area contributed by atoms with Gasteiger partial charge in [0, 0.05) is 27.7 Å². The van der Waals surface area contributed by atoms with Gasteiger partial charge in [0.25, 0.3) is 21.9 Å². The van der Waals surface area contributed by atoms with E-state index in [2.05, 4.69) is 31.1 Å². The molecule has 392 valence electrons. The zero-order valence-electron chi connectivity index (χ0n) is 41.6. The van der Waals surface area contributed by atoms with E-state index in [9.17, 15) is 45.7 Å². The molecule has 0 spiro atoms. The van der Waals surface area contributed by atoms with E-state index < -0.39 is 53.3 Å². The number of azo groups is 2. The molecule has 2 amide bonds. The summed E-state index contributed by atoms with van der Waals surface area (Å²) in [5.74, 6) is -1.19. The summed E-state index contributed by atoms with van der Waals surface area (Å²) in [7, 11) is -9.63. The van der Waals surface area contributed by atoms with Crippen LogP contribution in [0.2, 0.25) is 10.0 Å². The predicted octanol–water partition coefficient (Wildman–Crippen LogP) is 12.8. The van der Waals surface area contributed by atoms with Crippen LogP contribution in [0.5, 0.6) is 23.0 Å². The van der Waals surface area contributed by atoms with Crippen LogP contribution in [0, 0.1) is 0 Å². The number of carbonyl (C=O) groups excluding carboxylic acids is 2. The predicted molar refractivity (Wildman–Crippen MR) is 294 cm³/mol. The monoisotopic (exact) mass is 1240 g/mol. The number of hydrogen-bond donors (Lipinski definition) is 4. The number of aryl methyl sites for hydroxylation is 2. The van der Waals surface area contributed by atoms with Gasteiger partial charge in [0.2, 0.25) is 0 Å². The van der Waals surface area contributed by atoms with Gasteiger partial charge in [-0.3, -0.25) is 14.1 Å². The fourth-order valence-corrected chi connectivity index (χ4v) is 9.66. The molecule has 0 aliphatic heterocycles. The summed E-state index contributed by atoms with van der Waals surface area (Å²) in [6.07, 6.45) is 0.900. The minimum Gasteiger partial charge on any atom is -0.870 e. The van der Waals surface area contributed by atoms with Crippen molar-refractivity contribution in [2.45, 2.75) is 50.3 Å². The van der Waals surface area contributed by atoms with Crippen molar-refractivity contribution in [3.8, 4) is 23.0 Å². The van der Waals surface area contributed by atoms with Crippen molar-refractivity contribution in [3.63, 3.8) is 0 Å². The molecule has 4 N–H and O–H groups in total. The van der Waals surface area contributed by atoms with Crippen LogP contribution in [-0.4, -0.2) is 105 Å². The van der Waals surface area contributed by atoms with Crippen molar-refractivity contribution in [1.29, 1.82) is 0 Å². The molecule has 0 aliphatic carbocycles. The van der Waals surface area contributed by atoms with E-state index in [1.807, 2.05) is 13.8 Å². The van der Waals surface area contributed by atoms with E-state index in [0.29, 0.717) is 81.6 Å². The number of halogens is 2. The molecule has 0 unspecified atom stereocenters. The number of aromatic hydroxyl groups is 1. The van der Waals surface area contributed by atoms with Gasteiger partial charge in [0.15, 0.2) is 5.75 Å². The van der Waals surface area contributed by atoms with E-state index >= 15 is 0 Å². The Morgan fingerprint density at radius 3 is 1.43 bits per heavy atom. The van der Waals surface area contributed by atoms with Gasteiger partial charge in [-0.15, -0.1) is 15.3 Å². The van der Waals surface area contributed by atoms with E-state index in [0.717, 1.165) is 0 Å². The molecule has 0 saturated carbocycles. The Labute approximate surface area is 493 Å². The first kappa shape index (κ1) is 59.8. The molecule has 0 fully saturated rings. The molecule has 0 aromatic heterocycles. The maximum absolute atomic E-state index is 13.4. The molecule has 0 heterocycles. The summed E-state index contributed by atoms with van der Waals surface area (Å²) in [6, 6.07) is 35.4. The van der Waals surface area contributed by atoms with Crippen molar-refractivity contribution in [1.82, 2.24) is 0 Å². The number of phenols is 1. The van der Waals surface area contributed by atoms with Gasteiger partial charge in [-0.1, -0.05) is 91.3 Å². The second kappa shape index (κ2) is 26.3. The van der Waals surface area contributed by atoms with Crippen LogP contribution in [0.4, 0.5) is 34.1 Å². The zero-order chi connectivity index (χ0) is 54.9. The van der Waals surface area contributed by atoms with E-state index in [1.165, 1.54) is 36.4 Å². The number of amides is 2. The van der Waals surface area contributed by atoms with E-state index in [4.69, 9.17) is 32.7 Å². The number of nitrogens with one attached hydrogen (secondary N) is 2. The molecule has 0 radical (unpaired) electrons. The Balaban J connectivity index is 0.000000246. The number of benzene rings is 8. The third kappa shape index (κ3) is 14.6. The van der Waals surface area contributed by atoms with Crippen LogP contribution in [-0.2, 0) is 33.1 Å². The van der Waals surface area contributed by atoms with E-state index in [1.54, 1.807) is 111 Å². The second-order valence-corrected chi connectivity index (χ2v) is 19.9. The second-order valence-electron chi connectivity index (χ2n) is 16.4. The normalized spacial score (nSPS) is 11.5. The quantitative estimate of drug-likeness (QED) is 0.0399. The van der Waals surface area contributed by atoms with Crippen LogP contribution in [0.1, 0.15) is 59.5 Å². The van der Waals surface area contributed by atoms with Crippen LogP contribution >= 0.6 is 23.2 Å². The fraction of sp³-hybridized carbons (Fsp3) is 0.148. The summed E-state index contributed by atoms with van der Waals surface area (Å²) in [6.45, 7) is 8.30. The summed E-state index contributed by atoms with van der Waals surface area (Å²) < 4.78 is 80.3. The van der Waals surface area contributed by atoms with Crippen molar-refractivity contribution in [3.05, 3.63) is 166 Å². The molecule has 0 bridgehead atoms. The molecule has 0 saturated heterocycles. The summed E-state index contributed by atoms with van der Waals surface area (Å²) >= 11 is 12.5. The van der Waals surface area contributed by atoms with Crippen molar-refractivity contribution in [2.75, 3.05) is 23.8 Å². The minimum absolute atomic E-state index is 0. The Hall–Kier alpha value is -6.41. The maximum atomic E-state index is 13.4. The third-order valence-corrected chi connectivity index (χ3v) is 13.6. The summed E-state index contributed by atoms with van der Waals surface area (Å²) in [5, 5.41) is 47.7. The van der Waals surface area contributed by atoms with Gasteiger partial charge in [0.1, 0.15) is 43.6 Å². The number of phenolic OH excluding ortho intramolecular Hbond substituents is 1.